The number of carbonyl (C=O) groups excluding carboxylic acids is 3. The van der Waals surface area contributed by atoms with Crippen molar-refractivity contribution < 1.29 is 19.1 Å². The minimum Gasteiger partial charge on any atom is -0.497 e. The van der Waals surface area contributed by atoms with Crippen LogP contribution in [0, 0.1) is 0 Å². The number of urea groups is 1. The number of carbonyl (C=O) groups is 3. The van der Waals surface area contributed by atoms with Crippen molar-refractivity contribution in [3.8, 4) is 5.75 Å². The number of para-hydroxylation sites is 2. The number of benzene rings is 3. The van der Waals surface area contributed by atoms with Crippen LogP contribution >= 0.6 is 0 Å². The number of aromatic nitrogens is 1. The normalized spacial score (nSPS) is 18.5. The molecule has 2 aliphatic rings. The van der Waals surface area contributed by atoms with E-state index < -0.39 is 18.1 Å². The lowest BCUT2D eigenvalue weighted by Gasteiger charge is -2.36. The molecule has 2 aliphatic heterocycles. The predicted molar refractivity (Wildman–Crippen MR) is 144 cm³/mol. The molecule has 3 aromatic carbocycles. The van der Waals surface area contributed by atoms with Crippen molar-refractivity contribution in [1.82, 2.24) is 15.2 Å². The molecule has 38 heavy (non-hydrogen) atoms. The van der Waals surface area contributed by atoms with E-state index in [2.05, 4.69) is 10.3 Å². The van der Waals surface area contributed by atoms with Gasteiger partial charge in [-0.2, -0.15) is 0 Å². The largest absolute Gasteiger partial charge is 0.497 e. The molecule has 1 fully saturated rings. The highest BCUT2D eigenvalue weighted by Crippen LogP contribution is 2.45. The van der Waals surface area contributed by atoms with Crippen LogP contribution in [0.1, 0.15) is 46.6 Å². The maximum Gasteiger partial charge on any atom is 0.332 e. The summed E-state index contributed by atoms with van der Waals surface area (Å²) in [6.07, 6.45) is 1.16. The van der Waals surface area contributed by atoms with E-state index in [9.17, 15) is 14.4 Å². The fourth-order valence-electron chi connectivity index (χ4n) is 5.65. The lowest BCUT2D eigenvalue weighted by Crippen LogP contribution is -2.44. The van der Waals surface area contributed by atoms with E-state index in [1.165, 1.54) is 4.90 Å². The Balaban J connectivity index is 1.50. The van der Waals surface area contributed by atoms with Gasteiger partial charge in [-0.05, 0) is 47.9 Å². The van der Waals surface area contributed by atoms with Gasteiger partial charge in [0.1, 0.15) is 17.8 Å². The van der Waals surface area contributed by atoms with Crippen LogP contribution in [-0.4, -0.2) is 47.4 Å². The summed E-state index contributed by atoms with van der Waals surface area (Å²) in [4.78, 5) is 47.5. The first-order valence-corrected chi connectivity index (χ1v) is 12.8. The first kappa shape index (κ1) is 23.8. The number of imide groups is 1. The number of hydrogen-bond acceptors (Lipinski definition) is 4. The van der Waals surface area contributed by atoms with Crippen molar-refractivity contribution in [2.75, 3.05) is 18.6 Å². The van der Waals surface area contributed by atoms with Crippen LogP contribution in [0.5, 0.6) is 5.75 Å². The van der Waals surface area contributed by atoms with Crippen LogP contribution in [0.25, 0.3) is 10.9 Å². The van der Waals surface area contributed by atoms with Gasteiger partial charge in [0.05, 0.1) is 18.4 Å². The Morgan fingerprint density at radius 2 is 1.84 bits per heavy atom. The highest BCUT2D eigenvalue weighted by Gasteiger charge is 2.53. The monoisotopic (exact) mass is 508 g/mol. The number of H-pyrrole nitrogens is 1. The lowest BCUT2D eigenvalue weighted by atomic mass is 9.89. The maximum absolute atomic E-state index is 14.2. The molecule has 0 aliphatic carbocycles. The summed E-state index contributed by atoms with van der Waals surface area (Å²) >= 11 is 0. The highest BCUT2D eigenvalue weighted by atomic mass is 16.5. The molecule has 0 radical (unpaired) electrons. The smallest absolute Gasteiger partial charge is 0.332 e. The Kier molecular flexibility index (Phi) is 5.87. The van der Waals surface area contributed by atoms with Gasteiger partial charge in [0.25, 0.3) is 11.8 Å². The summed E-state index contributed by atoms with van der Waals surface area (Å²) < 4.78 is 5.48. The number of nitrogens with zero attached hydrogens (tertiary/aromatic N) is 2. The zero-order valence-electron chi connectivity index (χ0n) is 21.2. The molecular formula is C30H28N4O4. The summed E-state index contributed by atoms with van der Waals surface area (Å²) in [5.74, 6) is 0.0121. The third-order valence-corrected chi connectivity index (χ3v) is 7.38. The average Bonchev–Trinajstić information content (AvgIpc) is 3.44. The molecule has 4 amide bonds. The van der Waals surface area contributed by atoms with Crippen LogP contribution in [0.3, 0.4) is 0 Å². The number of aromatic amines is 1. The maximum atomic E-state index is 14.2. The summed E-state index contributed by atoms with van der Waals surface area (Å²) in [6.45, 7) is 2.47. The van der Waals surface area contributed by atoms with Crippen LogP contribution in [0.15, 0.2) is 72.8 Å². The van der Waals surface area contributed by atoms with Gasteiger partial charge in [-0.15, -0.1) is 0 Å². The van der Waals surface area contributed by atoms with Gasteiger partial charge in [-0.1, -0.05) is 49.4 Å². The number of hydrogen-bond donors (Lipinski definition) is 2. The molecule has 4 aromatic rings. The van der Waals surface area contributed by atoms with Crippen molar-refractivity contribution >= 4 is 34.4 Å². The highest BCUT2D eigenvalue weighted by molar-refractivity contribution is 6.24. The minimum atomic E-state index is -0.711. The summed E-state index contributed by atoms with van der Waals surface area (Å²) in [7, 11) is 1.60. The van der Waals surface area contributed by atoms with Gasteiger partial charge in [-0.25, -0.2) is 9.69 Å². The number of fused-ring (bicyclic) bond motifs is 4. The number of rotatable bonds is 6. The third-order valence-electron chi connectivity index (χ3n) is 7.38. The summed E-state index contributed by atoms with van der Waals surface area (Å²) in [6, 6.07) is 20.6. The number of amides is 4. The second kappa shape index (κ2) is 9.37. The van der Waals surface area contributed by atoms with E-state index in [1.54, 1.807) is 36.3 Å². The van der Waals surface area contributed by atoms with E-state index in [0.717, 1.165) is 34.1 Å². The van der Waals surface area contributed by atoms with Crippen molar-refractivity contribution in [3.63, 3.8) is 0 Å². The molecule has 0 unspecified atom stereocenters. The predicted octanol–water partition coefficient (Wildman–Crippen LogP) is 4.80. The molecular weight excluding hydrogens is 480 g/mol. The van der Waals surface area contributed by atoms with E-state index >= 15 is 0 Å². The zero-order chi connectivity index (χ0) is 26.4. The molecule has 8 nitrogen and oxygen atoms in total. The Labute approximate surface area is 220 Å². The van der Waals surface area contributed by atoms with Gasteiger partial charge < -0.3 is 15.0 Å². The molecule has 1 aromatic heterocycles. The Morgan fingerprint density at radius 1 is 1.05 bits per heavy atom. The van der Waals surface area contributed by atoms with Gasteiger partial charge in [-0.3, -0.25) is 14.5 Å². The van der Waals surface area contributed by atoms with E-state index in [4.69, 9.17) is 4.74 Å². The molecule has 3 heterocycles. The number of ether oxygens (including phenoxy) is 1. The molecule has 1 saturated heterocycles. The van der Waals surface area contributed by atoms with Crippen LogP contribution in [-0.2, 0) is 11.2 Å². The van der Waals surface area contributed by atoms with Gasteiger partial charge in [0.2, 0.25) is 0 Å². The van der Waals surface area contributed by atoms with Gasteiger partial charge in [0, 0.05) is 29.6 Å². The van der Waals surface area contributed by atoms with Crippen molar-refractivity contribution in [1.29, 1.82) is 0 Å². The van der Waals surface area contributed by atoms with E-state index in [0.29, 0.717) is 30.0 Å². The average molecular weight is 509 g/mol. The third kappa shape index (κ3) is 3.63. The molecule has 2 N–H and O–H groups in total. The fraction of sp³-hybridized carbons (Fsp3) is 0.233. The minimum absolute atomic E-state index is 0.295. The molecule has 0 saturated carbocycles. The SMILES string of the molecule is CCCNC(=O)c1ccccc1N1C(=O)[C@@H]2Cc3c([nH]c4ccccc34)[C@H](c3cccc(OC)c3)N2C1=O. The molecule has 8 heteroatoms. The van der Waals surface area contributed by atoms with E-state index in [1.807, 2.05) is 55.5 Å². The second-order valence-electron chi connectivity index (χ2n) is 9.60. The molecule has 0 spiro atoms. The molecule has 2 atom stereocenters. The van der Waals surface area contributed by atoms with Crippen LogP contribution < -0.4 is 15.0 Å². The summed E-state index contributed by atoms with van der Waals surface area (Å²) in [5, 5.41) is 3.90. The van der Waals surface area contributed by atoms with Crippen LogP contribution in [0.4, 0.5) is 10.5 Å². The van der Waals surface area contributed by atoms with Gasteiger partial charge in [0.15, 0.2) is 0 Å². The number of nitrogens with one attached hydrogen (secondary N) is 2. The number of anilines is 1. The Hall–Kier alpha value is -4.59. The van der Waals surface area contributed by atoms with Gasteiger partial charge >= 0.3 is 6.03 Å². The quantitative estimate of drug-likeness (QED) is 0.366. The first-order valence-electron chi connectivity index (χ1n) is 12.8. The van der Waals surface area contributed by atoms with E-state index in [-0.39, 0.29) is 11.8 Å². The van der Waals surface area contributed by atoms with Crippen molar-refractivity contribution in [3.05, 3.63) is 95.2 Å². The Bertz CT molecular complexity index is 1580. The Morgan fingerprint density at radius 3 is 2.66 bits per heavy atom. The molecule has 6 rings (SSSR count). The number of methoxy groups -OCH3 is 1. The fourth-order valence-corrected chi connectivity index (χ4v) is 5.65. The molecule has 0 bridgehead atoms. The standard InChI is InChI=1S/C30H28N4O4/c1-3-15-31-28(35)21-12-5-7-14-24(21)34-29(36)25-17-22-20-11-4-6-13-23(20)32-26(22)27(33(25)30(34)37)18-9-8-10-19(16-18)38-2/h4-14,16,25,27,32H,3,15,17H2,1-2H3,(H,31,35)/t25-,27-/m0/s1. The topological polar surface area (TPSA) is 94.7 Å². The molecule has 192 valence electrons. The first-order chi connectivity index (χ1) is 18.5. The van der Waals surface area contributed by atoms with Crippen LogP contribution in [0.2, 0.25) is 0 Å². The van der Waals surface area contributed by atoms with Crippen molar-refractivity contribution in [2.45, 2.75) is 31.8 Å². The second-order valence-corrected chi connectivity index (χ2v) is 9.60. The lowest BCUT2D eigenvalue weighted by molar-refractivity contribution is -0.120. The zero-order valence-corrected chi connectivity index (χ0v) is 21.2. The van der Waals surface area contributed by atoms with Crippen molar-refractivity contribution in [2.24, 2.45) is 0 Å². The summed E-state index contributed by atoms with van der Waals surface area (Å²) in [5.41, 5.74) is 4.28.